The lowest BCUT2D eigenvalue weighted by molar-refractivity contribution is -0.121. The second-order valence-corrected chi connectivity index (χ2v) is 4.29. The molecule has 6 nitrogen and oxygen atoms in total. The van der Waals surface area contributed by atoms with Gasteiger partial charge in [-0.1, -0.05) is 0 Å². The van der Waals surface area contributed by atoms with Gasteiger partial charge in [-0.2, -0.15) is 0 Å². The number of carbonyl (C=O) groups excluding carboxylic acids is 2. The highest BCUT2D eigenvalue weighted by atomic mass is 16.5. The number of carbonyl (C=O) groups is 2. The second kappa shape index (κ2) is 10.7. The second-order valence-electron chi connectivity index (χ2n) is 4.29. The summed E-state index contributed by atoms with van der Waals surface area (Å²) in [6, 6.07) is 3.49. The Balaban J connectivity index is 2.04. The summed E-state index contributed by atoms with van der Waals surface area (Å²) in [6.45, 7) is 4.15. The third-order valence-corrected chi connectivity index (χ3v) is 2.59. The van der Waals surface area contributed by atoms with Crippen LogP contribution in [0.4, 0.5) is 0 Å². The SMILES string of the molecule is CCOCCCNC(=O)CCNC(=O)C=Cc1ccco1. The van der Waals surface area contributed by atoms with E-state index in [2.05, 4.69) is 10.6 Å². The van der Waals surface area contributed by atoms with E-state index < -0.39 is 0 Å². The highest BCUT2D eigenvalue weighted by Gasteiger charge is 2.01. The minimum atomic E-state index is -0.254. The normalized spacial score (nSPS) is 10.7. The zero-order valence-electron chi connectivity index (χ0n) is 12.3. The number of hydrogen-bond acceptors (Lipinski definition) is 4. The van der Waals surface area contributed by atoms with Gasteiger partial charge in [-0.05, 0) is 31.6 Å². The molecule has 0 aliphatic heterocycles. The number of ether oxygens (including phenoxy) is 1. The Morgan fingerprint density at radius 1 is 1.33 bits per heavy atom. The topological polar surface area (TPSA) is 80.6 Å². The summed E-state index contributed by atoms with van der Waals surface area (Å²) in [4.78, 5) is 22.9. The number of amides is 2. The quantitative estimate of drug-likeness (QED) is 0.504. The molecule has 2 N–H and O–H groups in total. The molecule has 0 saturated carbocycles. The smallest absolute Gasteiger partial charge is 0.244 e. The van der Waals surface area contributed by atoms with E-state index in [0.29, 0.717) is 32.1 Å². The van der Waals surface area contributed by atoms with Crippen LogP contribution in [-0.4, -0.2) is 38.1 Å². The first-order valence-electron chi connectivity index (χ1n) is 7.06. The van der Waals surface area contributed by atoms with Gasteiger partial charge in [0.1, 0.15) is 5.76 Å². The molecule has 0 atom stereocenters. The molecule has 116 valence electrons. The van der Waals surface area contributed by atoms with E-state index in [9.17, 15) is 9.59 Å². The van der Waals surface area contributed by atoms with Crippen LogP contribution in [0.25, 0.3) is 6.08 Å². The fourth-order valence-electron chi connectivity index (χ4n) is 1.54. The highest BCUT2D eigenvalue weighted by Crippen LogP contribution is 2.01. The van der Waals surface area contributed by atoms with Gasteiger partial charge >= 0.3 is 0 Å². The van der Waals surface area contributed by atoms with E-state index in [1.165, 1.54) is 12.3 Å². The molecule has 1 rings (SSSR count). The van der Waals surface area contributed by atoms with E-state index >= 15 is 0 Å². The van der Waals surface area contributed by atoms with Gasteiger partial charge in [-0.3, -0.25) is 9.59 Å². The van der Waals surface area contributed by atoms with E-state index in [0.717, 1.165) is 6.42 Å². The van der Waals surface area contributed by atoms with Crippen molar-refractivity contribution in [3.8, 4) is 0 Å². The molecule has 0 aliphatic rings. The van der Waals surface area contributed by atoms with Crippen LogP contribution in [0.2, 0.25) is 0 Å². The molecule has 0 aliphatic carbocycles. The molecule has 1 aromatic rings. The monoisotopic (exact) mass is 294 g/mol. The molecule has 1 heterocycles. The van der Waals surface area contributed by atoms with E-state index in [1.54, 1.807) is 18.2 Å². The lowest BCUT2D eigenvalue weighted by atomic mass is 10.3. The van der Waals surface area contributed by atoms with Crippen molar-refractivity contribution in [1.29, 1.82) is 0 Å². The molecule has 0 aromatic carbocycles. The number of nitrogens with one attached hydrogen (secondary N) is 2. The molecular weight excluding hydrogens is 272 g/mol. The maximum absolute atomic E-state index is 11.5. The molecular formula is C15H22N2O4. The number of hydrogen-bond donors (Lipinski definition) is 2. The molecule has 21 heavy (non-hydrogen) atoms. The molecule has 0 unspecified atom stereocenters. The Kier molecular flexibility index (Phi) is 8.63. The first-order valence-corrected chi connectivity index (χ1v) is 7.06. The summed E-state index contributed by atoms with van der Waals surface area (Å²) in [7, 11) is 0. The Bertz CT molecular complexity index is 441. The largest absolute Gasteiger partial charge is 0.465 e. The predicted octanol–water partition coefficient (Wildman–Crippen LogP) is 1.34. The van der Waals surface area contributed by atoms with Crippen molar-refractivity contribution in [3.63, 3.8) is 0 Å². The van der Waals surface area contributed by atoms with Gasteiger partial charge < -0.3 is 19.8 Å². The van der Waals surface area contributed by atoms with Crippen molar-refractivity contribution < 1.29 is 18.7 Å². The van der Waals surface area contributed by atoms with Crippen molar-refractivity contribution in [2.45, 2.75) is 19.8 Å². The standard InChI is InChI=1S/C15H22N2O4/c1-2-20-11-4-9-16-15(19)8-10-17-14(18)7-6-13-5-3-12-21-13/h3,5-7,12H,2,4,8-11H2,1H3,(H,16,19)(H,17,18). The maximum atomic E-state index is 11.5. The van der Waals surface area contributed by atoms with Crippen LogP contribution in [0.1, 0.15) is 25.5 Å². The zero-order chi connectivity index (χ0) is 15.3. The van der Waals surface area contributed by atoms with E-state index in [4.69, 9.17) is 9.15 Å². The van der Waals surface area contributed by atoms with Crippen molar-refractivity contribution >= 4 is 17.9 Å². The molecule has 6 heteroatoms. The van der Waals surface area contributed by atoms with Crippen molar-refractivity contribution in [3.05, 3.63) is 30.2 Å². The molecule has 0 spiro atoms. The Morgan fingerprint density at radius 3 is 2.90 bits per heavy atom. The van der Waals surface area contributed by atoms with Gasteiger partial charge in [0.2, 0.25) is 11.8 Å². The zero-order valence-corrected chi connectivity index (χ0v) is 12.3. The Morgan fingerprint density at radius 2 is 2.19 bits per heavy atom. The van der Waals surface area contributed by atoms with Gasteiger partial charge in [-0.15, -0.1) is 0 Å². The van der Waals surface area contributed by atoms with Crippen molar-refractivity contribution in [1.82, 2.24) is 10.6 Å². The maximum Gasteiger partial charge on any atom is 0.244 e. The van der Waals surface area contributed by atoms with Crippen LogP contribution in [0.5, 0.6) is 0 Å². The van der Waals surface area contributed by atoms with Crippen LogP contribution >= 0.6 is 0 Å². The van der Waals surface area contributed by atoms with Crippen LogP contribution in [0.3, 0.4) is 0 Å². The molecule has 1 aromatic heterocycles. The summed E-state index contributed by atoms with van der Waals surface area (Å²) in [6.07, 6.45) is 5.53. The van der Waals surface area contributed by atoms with Crippen molar-refractivity contribution in [2.75, 3.05) is 26.3 Å². The molecule has 2 amide bonds. The van der Waals surface area contributed by atoms with Crippen LogP contribution in [0.15, 0.2) is 28.9 Å². The summed E-state index contributed by atoms with van der Waals surface area (Å²) >= 11 is 0. The van der Waals surface area contributed by atoms with E-state index in [1.807, 2.05) is 6.92 Å². The minimum Gasteiger partial charge on any atom is -0.465 e. The molecule has 0 bridgehead atoms. The summed E-state index contributed by atoms with van der Waals surface area (Å²) in [5, 5.41) is 5.40. The number of rotatable bonds is 10. The molecule has 0 radical (unpaired) electrons. The van der Waals surface area contributed by atoms with Crippen molar-refractivity contribution in [2.24, 2.45) is 0 Å². The van der Waals surface area contributed by atoms with Gasteiger partial charge in [0, 0.05) is 38.8 Å². The fraction of sp³-hybridized carbons (Fsp3) is 0.467. The Labute approximate surface area is 124 Å². The van der Waals surface area contributed by atoms with Gasteiger partial charge in [0.25, 0.3) is 0 Å². The van der Waals surface area contributed by atoms with Crippen LogP contribution in [0, 0.1) is 0 Å². The van der Waals surface area contributed by atoms with Gasteiger partial charge in [0.15, 0.2) is 0 Å². The first-order chi connectivity index (χ1) is 10.2. The number of furan rings is 1. The third kappa shape index (κ3) is 8.65. The summed E-state index contributed by atoms with van der Waals surface area (Å²) in [5.74, 6) is 0.273. The highest BCUT2D eigenvalue weighted by molar-refractivity contribution is 5.91. The fourth-order valence-corrected chi connectivity index (χ4v) is 1.54. The summed E-state index contributed by atoms with van der Waals surface area (Å²) < 4.78 is 10.2. The average molecular weight is 294 g/mol. The average Bonchev–Trinajstić information content (AvgIpc) is 2.98. The van der Waals surface area contributed by atoms with Gasteiger partial charge in [-0.25, -0.2) is 0 Å². The molecule has 0 saturated heterocycles. The predicted molar refractivity (Wildman–Crippen MR) is 79.5 cm³/mol. The van der Waals surface area contributed by atoms with E-state index in [-0.39, 0.29) is 18.2 Å². The minimum absolute atomic E-state index is 0.0817. The van der Waals surface area contributed by atoms with Crippen LogP contribution < -0.4 is 10.6 Å². The molecule has 0 fully saturated rings. The lowest BCUT2D eigenvalue weighted by Crippen LogP contribution is -2.30. The Hall–Kier alpha value is -2.08. The first kappa shape index (κ1) is 17.0. The summed E-state index contributed by atoms with van der Waals surface area (Å²) in [5.41, 5.74) is 0. The van der Waals surface area contributed by atoms with Crippen LogP contribution in [-0.2, 0) is 14.3 Å². The van der Waals surface area contributed by atoms with Gasteiger partial charge in [0.05, 0.1) is 6.26 Å². The third-order valence-electron chi connectivity index (χ3n) is 2.59. The lowest BCUT2D eigenvalue weighted by Gasteiger charge is -2.05.